The van der Waals surface area contributed by atoms with Crippen molar-refractivity contribution >= 4 is 0 Å². The SMILES string of the molecule is Cn1cccc1CN1CC2CCC1Cc1ccccc1C2. The Bertz CT molecular complexity index is 628. The van der Waals surface area contributed by atoms with Gasteiger partial charge in [0, 0.05) is 38.1 Å². The van der Waals surface area contributed by atoms with E-state index >= 15 is 0 Å². The van der Waals surface area contributed by atoms with Crippen LogP contribution in [-0.2, 0) is 26.4 Å². The van der Waals surface area contributed by atoms with Crippen molar-refractivity contribution < 1.29 is 0 Å². The lowest BCUT2D eigenvalue weighted by molar-refractivity contribution is 0.0917. The summed E-state index contributed by atoms with van der Waals surface area (Å²) in [4.78, 5) is 2.74. The summed E-state index contributed by atoms with van der Waals surface area (Å²) in [6, 6.07) is 14.2. The number of piperidine rings is 1. The summed E-state index contributed by atoms with van der Waals surface area (Å²) >= 11 is 0. The molecule has 21 heavy (non-hydrogen) atoms. The standard InChI is InChI=1S/C19H24N2/c1-20-10-4-7-19(20)14-21-13-15-8-9-18(21)12-17-6-3-2-5-16(17)11-15/h2-7,10,15,18H,8-9,11-14H2,1H3. The highest BCUT2D eigenvalue weighted by molar-refractivity contribution is 5.30. The minimum atomic E-state index is 0.720. The molecular formula is C19H24N2. The maximum absolute atomic E-state index is 2.74. The van der Waals surface area contributed by atoms with Gasteiger partial charge >= 0.3 is 0 Å². The van der Waals surface area contributed by atoms with Crippen molar-refractivity contribution in [2.75, 3.05) is 6.54 Å². The van der Waals surface area contributed by atoms with Crippen molar-refractivity contribution in [1.82, 2.24) is 9.47 Å². The van der Waals surface area contributed by atoms with Crippen LogP contribution in [0.2, 0.25) is 0 Å². The Morgan fingerprint density at radius 3 is 2.57 bits per heavy atom. The van der Waals surface area contributed by atoms with Gasteiger partial charge in [0.15, 0.2) is 0 Å². The van der Waals surface area contributed by atoms with Gasteiger partial charge in [0.25, 0.3) is 0 Å². The van der Waals surface area contributed by atoms with Gasteiger partial charge in [-0.3, -0.25) is 4.90 Å². The smallest absolute Gasteiger partial charge is 0.0390 e. The predicted octanol–water partition coefficient (Wildman–Crippen LogP) is 3.40. The van der Waals surface area contributed by atoms with Gasteiger partial charge < -0.3 is 4.57 Å². The fourth-order valence-electron chi connectivity index (χ4n) is 4.16. The van der Waals surface area contributed by atoms with Crippen molar-refractivity contribution in [3.05, 3.63) is 59.4 Å². The quantitative estimate of drug-likeness (QED) is 0.818. The Balaban J connectivity index is 1.60. The zero-order chi connectivity index (χ0) is 14.2. The molecule has 2 heteroatoms. The third-order valence-electron chi connectivity index (χ3n) is 5.42. The van der Waals surface area contributed by atoms with E-state index in [-0.39, 0.29) is 0 Å². The zero-order valence-corrected chi connectivity index (χ0v) is 12.8. The Hall–Kier alpha value is -1.54. The van der Waals surface area contributed by atoms with Crippen LogP contribution in [0.3, 0.4) is 0 Å². The summed E-state index contributed by atoms with van der Waals surface area (Å²) in [5.41, 5.74) is 4.63. The predicted molar refractivity (Wildman–Crippen MR) is 86.2 cm³/mol. The van der Waals surface area contributed by atoms with E-state index in [1.807, 2.05) is 0 Å². The topological polar surface area (TPSA) is 8.17 Å². The number of nitrogens with zero attached hydrogens (tertiary/aromatic N) is 2. The van der Waals surface area contributed by atoms with Gasteiger partial charge in [-0.05, 0) is 54.9 Å². The van der Waals surface area contributed by atoms with Gasteiger partial charge in [0.05, 0.1) is 0 Å². The van der Waals surface area contributed by atoms with Crippen LogP contribution >= 0.6 is 0 Å². The number of fused-ring (bicyclic) bond motifs is 2. The van der Waals surface area contributed by atoms with Crippen LogP contribution in [0.5, 0.6) is 0 Å². The van der Waals surface area contributed by atoms with E-state index in [4.69, 9.17) is 0 Å². The molecule has 3 aliphatic rings. The first kappa shape index (κ1) is 13.1. The fourth-order valence-corrected chi connectivity index (χ4v) is 4.16. The second-order valence-corrected chi connectivity index (χ2v) is 6.81. The van der Waals surface area contributed by atoms with Gasteiger partial charge in [-0.2, -0.15) is 0 Å². The minimum absolute atomic E-state index is 0.720. The largest absolute Gasteiger partial charge is 0.353 e. The van der Waals surface area contributed by atoms with Crippen molar-refractivity contribution in [2.45, 2.75) is 38.3 Å². The van der Waals surface area contributed by atoms with Crippen molar-refractivity contribution in [3.8, 4) is 0 Å². The van der Waals surface area contributed by atoms with Crippen LogP contribution in [0, 0.1) is 5.92 Å². The molecule has 1 saturated heterocycles. The molecule has 2 aliphatic heterocycles. The monoisotopic (exact) mass is 280 g/mol. The molecule has 1 aliphatic carbocycles. The van der Waals surface area contributed by atoms with Gasteiger partial charge in [-0.1, -0.05) is 24.3 Å². The third-order valence-corrected chi connectivity index (χ3v) is 5.42. The molecule has 0 radical (unpaired) electrons. The molecule has 3 heterocycles. The Morgan fingerprint density at radius 1 is 1.00 bits per heavy atom. The Morgan fingerprint density at radius 2 is 1.81 bits per heavy atom. The summed E-state index contributed by atoms with van der Waals surface area (Å²) in [7, 11) is 2.16. The van der Waals surface area contributed by atoms with Crippen molar-refractivity contribution in [3.63, 3.8) is 0 Å². The summed E-state index contributed by atoms with van der Waals surface area (Å²) < 4.78 is 2.26. The number of aryl methyl sites for hydroxylation is 1. The highest BCUT2D eigenvalue weighted by Crippen LogP contribution is 2.32. The molecule has 2 aromatic rings. The highest BCUT2D eigenvalue weighted by Gasteiger charge is 2.31. The molecular weight excluding hydrogens is 256 g/mol. The molecule has 1 aromatic heterocycles. The maximum Gasteiger partial charge on any atom is 0.0390 e. The van der Waals surface area contributed by atoms with E-state index in [1.165, 1.54) is 37.9 Å². The second-order valence-electron chi connectivity index (χ2n) is 6.81. The second kappa shape index (κ2) is 5.34. The number of rotatable bonds is 2. The number of hydrogen-bond donors (Lipinski definition) is 0. The molecule has 0 N–H and O–H groups in total. The van der Waals surface area contributed by atoms with E-state index < -0.39 is 0 Å². The lowest BCUT2D eigenvalue weighted by Crippen LogP contribution is -2.46. The van der Waals surface area contributed by atoms with E-state index in [2.05, 4.69) is 59.1 Å². The zero-order valence-electron chi connectivity index (χ0n) is 12.8. The van der Waals surface area contributed by atoms with Crippen LogP contribution in [0.4, 0.5) is 0 Å². The van der Waals surface area contributed by atoms with Gasteiger partial charge in [-0.15, -0.1) is 0 Å². The average molecular weight is 280 g/mol. The van der Waals surface area contributed by atoms with Crippen molar-refractivity contribution in [1.29, 1.82) is 0 Å². The van der Waals surface area contributed by atoms with Crippen LogP contribution < -0.4 is 0 Å². The molecule has 2 unspecified atom stereocenters. The molecule has 1 aromatic carbocycles. The lowest BCUT2D eigenvalue weighted by Gasteiger charge is -2.42. The number of benzene rings is 1. The van der Waals surface area contributed by atoms with Crippen LogP contribution in [-0.4, -0.2) is 22.1 Å². The molecule has 2 bridgehead atoms. The lowest BCUT2D eigenvalue weighted by atomic mass is 9.80. The number of hydrogen-bond acceptors (Lipinski definition) is 1. The van der Waals surface area contributed by atoms with Crippen LogP contribution in [0.1, 0.15) is 29.7 Å². The van der Waals surface area contributed by atoms with E-state index in [0.29, 0.717) is 0 Å². The highest BCUT2D eigenvalue weighted by atomic mass is 15.2. The molecule has 0 amide bonds. The van der Waals surface area contributed by atoms with Crippen molar-refractivity contribution in [2.24, 2.45) is 13.0 Å². The van der Waals surface area contributed by atoms with E-state index in [1.54, 1.807) is 11.1 Å². The molecule has 110 valence electrons. The molecule has 0 spiro atoms. The minimum Gasteiger partial charge on any atom is -0.353 e. The summed E-state index contributed by atoms with van der Waals surface area (Å²) in [5, 5.41) is 0. The molecule has 5 rings (SSSR count). The normalized spacial score (nSPS) is 25.4. The molecule has 1 fully saturated rings. The van der Waals surface area contributed by atoms with E-state index in [9.17, 15) is 0 Å². The van der Waals surface area contributed by atoms with Gasteiger partial charge in [0.1, 0.15) is 0 Å². The van der Waals surface area contributed by atoms with Crippen LogP contribution in [0.15, 0.2) is 42.6 Å². The first-order valence-corrected chi connectivity index (χ1v) is 8.20. The third kappa shape index (κ3) is 2.53. The summed E-state index contributed by atoms with van der Waals surface area (Å²) in [6.07, 6.45) is 7.43. The summed E-state index contributed by atoms with van der Waals surface area (Å²) in [6.45, 7) is 2.37. The first-order chi connectivity index (χ1) is 10.3. The maximum atomic E-state index is 2.74. The Labute approximate surface area is 127 Å². The van der Waals surface area contributed by atoms with Gasteiger partial charge in [-0.25, -0.2) is 0 Å². The molecule has 2 nitrogen and oxygen atoms in total. The number of aromatic nitrogens is 1. The summed E-state index contributed by atoms with van der Waals surface area (Å²) in [5.74, 6) is 0.836. The van der Waals surface area contributed by atoms with Crippen LogP contribution in [0.25, 0.3) is 0 Å². The average Bonchev–Trinajstić information content (AvgIpc) is 2.85. The Kier molecular flexibility index (Phi) is 3.34. The first-order valence-electron chi connectivity index (χ1n) is 8.20. The molecule has 2 atom stereocenters. The molecule has 0 saturated carbocycles. The van der Waals surface area contributed by atoms with Gasteiger partial charge in [0.2, 0.25) is 0 Å². The van der Waals surface area contributed by atoms with E-state index in [0.717, 1.165) is 18.5 Å². The fraction of sp³-hybridized carbons (Fsp3) is 0.474.